The molecule has 1 unspecified atom stereocenters. The van der Waals surface area contributed by atoms with Crippen LogP contribution in [-0.4, -0.2) is 27.8 Å². The number of nitrogens with one attached hydrogen (secondary N) is 1. The predicted octanol–water partition coefficient (Wildman–Crippen LogP) is 3.96. The molecule has 0 aliphatic heterocycles. The molecule has 0 saturated heterocycles. The standard InChI is InChI=1S/C21H26N4O3S/c1-6-15(20(27)22-21-24-23-17(29-21)10-12(2)3)25-18(26)11-13(4)14-8-7-9-16(28-5)19(14)25/h7-9,11-12,15H,6,10H2,1-5H3,(H,22,24,27). The number of pyridine rings is 1. The Hall–Kier alpha value is -2.74. The van der Waals surface area contributed by atoms with Crippen LogP contribution in [0, 0.1) is 12.8 Å². The predicted molar refractivity (Wildman–Crippen MR) is 116 cm³/mol. The Labute approximate surface area is 173 Å². The van der Waals surface area contributed by atoms with Gasteiger partial charge in [-0.2, -0.15) is 0 Å². The number of methoxy groups -OCH3 is 1. The minimum absolute atomic E-state index is 0.237. The number of amides is 1. The van der Waals surface area contributed by atoms with Crippen LogP contribution in [0.25, 0.3) is 10.9 Å². The van der Waals surface area contributed by atoms with Crippen molar-refractivity contribution < 1.29 is 9.53 Å². The van der Waals surface area contributed by atoms with Crippen LogP contribution in [0.15, 0.2) is 29.1 Å². The van der Waals surface area contributed by atoms with Crippen LogP contribution in [0.5, 0.6) is 5.75 Å². The summed E-state index contributed by atoms with van der Waals surface area (Å²) in [5.41, 5.74) is 1.23. The Morgan fingerprint density at radius 2 is 2.07 bits per heavy atom. The number of carbonyl (C=O) groups is 1. The smallest absolute Gasteiger partial charge is 0.252 e. The zero-order chi connectivity index (χ0) is 21.1. The minimum atomic E-state index is -0.695. The number of para-hydroxylation sites is 1. The normalized spacial score (nSPS) is 12.3. The quantitative estimate of drug-likeness (QED) is 0.632. The van der Waals surface area contributed by atoms with Crippen molar-refractivity contribution in [3.63, 3.8) is 0 Å². The van der Waals surface area contributed by atoms with E-state index in [1.807, 2.05) is 26.0 Å². The van der Waals surface area contributed by atoms with E-state index in [0.29, 0.717) is 28.7 Å². The van der Waals surface area contributed by atoms with Crippen molar-refractivity contribution in [1.82, 2.24) is 14.8 Å². The van der Waals surface area contributed by atoms with Gasteiger partial charge in [-0.05, 0) is 30.9 Å². The summed E-state index contributed by atoms with van der Waals surface area (Å²) in [6, 6.07) is 6.46. The lowest BCUT2D eigenvalue weighted by molar-refractivity contribution is -0.119. The molecule has 2 aromatic heterocycles. The number of aromatic nitrogens is 3. The maximum atomic E-state index is 13.1. The topological polar surface area (TPSA) is 86.1 Å². The molecule has 0 spiro atoms. The molecule has 1 aromatic carbocycles. The van der Waals surface area contributed by atoms with E-state index in [4.69, 9.17) is 4.74 Å². The first-order valence-corrected chi connectivity index (χ1v) is 10.5. The Balaban J connectivity index is 2.01. The number of rotatable bonds is 7. The van der Waals surface area contributed by atoms with Crippen molar-refractivity contribution in [2.45, 2.75) is 46.6 Å². The van der Waals surface area contributed by atoms with Crippen LogP contribution < -0.4 is 15.6 Å². The fourth-order valence-electron chi connectivity index (χ4n) is 3.42. The third kappa shape index (κ3) is 4.32. The molecule has 3 rings (SSSR count). The molecule has 1 amide bonds. The van der Waals surface area contributed by atoms with Gasteiger partial charge in [0.15, 0.2) is 0 Å². The summed E-state index contributed by atoms with van der Waals surface area (Å²) in [4.78, 5) is 26.0. The van der Waals surface area contributed by atoms with E-state index in [2.05, 4.69) is 29.4 Å². The maximum Gasteiger partial charge on any atom is 0.252 e. The molecule has 0 aliphatic rings. The fraction of sp³-hybridized carbons (Fsp3) is 0.429. The van der Waals surface area contributed by atoms with Crippen molar-refractivity contribution in [1.29, 1.82) is 0 Å². The third-order valence-corrected chi connectivity index (χ3v) is 5.60. The average molecular weight is 415 g/mol. The lowest BCUT2D eigenvalue weighted by Gasteiger charge is -2.21. The summed E-state index contributed by atoms with van der Waals surface area (Å²) < 4.78 is 7.02. The highest BCUT2D eigenvalue weighted by molar-refractivity contribution is 7.15. The molecule has 154 valence electrons. The van der Waals surface area contributed by atoms with E-state index in [9.17, 15) is 9.59 Å². The number of benzene rings is 1. The largest absolute Gasteiger partial charge is 0.495 e. The molecule has 0 saturated carbocycles. The van der Waals surface area contributed by atoms with Gasteiger partial charge in [0.05, 0.1) is 12.6 Å². The molecule has 0 aliphatic carbocycles. The first-order valence-electron chi connectivity index (χ1n) is 9.67. The molecular formula is C21H26N4O3S. The van der Waals surface area contributed by atoms with Crippen molar-refractivity contribution >= 4 is 33.3 Å². The van der Waals surface area contributed by atoms with Crippen molar-refractivity contribution in [3.05, 3.63) is 45.2 Å². The molecule has 0 radical (unpaired) electrons. The summed E-state index contributed by atoms with van der Waals surface area (Å²) in [7, 11) is 1.56. The van der Waals surface area contributed by atoms with Crippen LogP contribution in [-0.2, 0) is 11.2 Å². The van der Waals surface area contributed by atoms with Gasteiger partial charge < -0.3 is 4.74 Å². The summed E-state index contributed by atoms with van der Waals surface area (Å²) in [5, 5.41) is 13.3. The first kappa shape index (κ1) is 21.0. The van der Waals surface area contributed by atoms with Crippen LogP contribution >= 0.6 is 11.3 Å². The number of carbonyl (C=O) groups excluding carboxylic acids is 1. The van der Waals surface area contributed by atoms with Gasteiger partial charge in [-0.25, -0.2) is 0 Å². The molecule has 2 heterocycles. The van der Waals surface area contributed by atoms with Gasteiger partial charge in [-0.1, -0.05) is 44.2 Å². The third-order valence-electron chi connectivity index (χ3n) is 4.74. The summed E-state index contributed by atoms with van der Waals surface area (Å²) in [6.45, 7) is 7.97. The number of hydrogen-bond acceptors (Lipinski definition) is 6. The average Bonchev–Trinajstić information content (AvgIpc) is 3.10. The number of anilines is 1. The van der Waals surface area contributed by atoms with Crippen LogP contribution in [0.1, 0.15) is 43.8 Å². The number of hydrogen-bond donors (Lipinski definition) is 1. The molecule has 7 nitrogen and oxygen atoms in total. The molecule has 29 heavy (non-hydrogen) atoms. The summed E-state index contributed by atoms with van der Waals surface area (Å²) >= 11 is 1.36. The summed E-state index contributed by atoms with van der Waals surface area (Å²) in [5.74, 6) is 0.724. The molecule has 8 heteroatoms. The number of nitrogens with zero attached hydrogens (tertiary/aromatic N) is 3. The molecule has 1 atom stereocenters. The monoisotopic (exact) mass is 414 g/mol. The second-order valence-corrected chi connectivity index (χ2v) is 8.47. The van der Waals surface area contributed by atoms with Gasteiger partial charge in [-0.3, -0.25) is 19.5 Å². The zero-order valence-electron chi connectivity index (χ0n) is 17.4. The molecule has 0 bridgehead atoms. The molecule has 3 aromatic rings. The van der Waals surface area contributed by atoms with E-state index < -0.39 is 6.04 Å². The van der Waals surface area contributed by atoms with E-state index in [0.717, 1.165) is 22.4 Å². The van der Waals surface area contributed by atoms with Crippen molar-refractivity contribution in [2.75, 3.05) is 12.4 Å². The minimum Gasteiger partial charge on any atom is -0.495 e. The van der Waals surface area contributed by atoms with E-state index in [-0.39, 0.29) is 11.5 Å². The summed E-state index contributed by atoms with van der Waals surface area (Å²) in [6.07, 6.45) is 1.25. The first-order chi connectivity index (χ1) is 13.8. The number of fused-ring (bicyclic) bond motifs is 1. The van der Waals surface area contributed by atoms with E-state index in [1.54, 1.807) is 19.2 Å². The van der Waals surface area contributed by atoms with Gasteiger partial charge in [0, 0.05) is 17.9 Å². The van der Waals surface area contributed by atoms with Gasteiger partial charge in [0.25, 0.3) is 5.56 Å². The SMILES string of the molecule is CCC(C(=O)Nc1nnc(CC(C)C)s1)n1c(=O)cc(C)c2cccc(OC)c21. The highest BCUT2D eigenvalue weighted by Crippen LogP contribution is 2.30. The molecular weight excluding hydrogens is 388 g/mol. The van der Waals surface area contributed by atoms with E-state index in [1.165, 1.54) is 15.9 Å². The Morgan fingerprint density at radius 3 is 2.72 bits per heavy atom. The molecule has 1 N–H and O–H groups in total. The number of ether oxygens (including phenoxy) is 1. The lowest BCUT2D eigenvalue weighted by atomic mass is 10.1. The van der Waals surface area contributed by atoms with Crippen LogP contribution in [0.4, 0.5) is 5.13 Å². The Kier molecular flexibility index (Phi) is 6.32. The van der Waals surface area contributed by atoms with Crippen molar-refractivity contribution in [2.24, 2.45) is 5.92 Å². The Bertz CT molecular complexity index is 1090. The highest BCUT2D eigenvalue weighted by Gasteiger charge is 2.25. The number of aryl methyl sites for hydroxylation is 1. The lowest BCUT2D eigenvalue weighted by Crippen LogP contribution is -2.33. The van der Waals surface area contributed by atoms with Gasteiger partial charge in [-0.15, -0.1) is 10.2 Å². The van der Waals surface area contributed by atoms with Gasteiger partial charge in [0.2, 0.25) is 11.0 Å². The Morgan fingerprint density at radius 1 is 1.31 bits per heavy atom. The van der Waals surface area contributed by atoms with Crippen molar-refractivity contribution in [3.8, 4) is 5.75 Å². The van der Waals surface area contributed by atoms with Gasteiger partial charge >= 0.3 is 0 Å². The highest BCUT2D eigenvalue weighted by atomic mass is 32.1. The maximum absolute atomic E-state index is 13.1. The second kappa shape index (κ2) is 8.73. The zero-order valence-corrected chi connectivity index (χ0v) is 18.2. The molecule has 0 fully saturated rings. The fourth-order valence-corrected chi connectivity index (χ4v) is 4.37. The van der Waals surface area contributed by atoms with Crippen LogP contribution in [0.2, 0.25) is 0 Å². The van der Waals surface area contributed by atoms with Gasteiger partial charge in [0.1, 0.15) is 16.8 Å². The van der Waals surface area contributed by atoms with E-state index >= 15 is 0 Å². The van der Waals surface area contributed by atoms with Crippen LogP contribution in [0.3, 0.4) is 0 Å². The second-order valence-electron chi connectivity index (χ2n) is 7.40.